The van der Waals surface area contributed by atoms with Gasteiger partial charge in [-0.15, -0.1) is 0 Å². The van der Waals surface area contributed by atoms with Gasteiger partial charge >= 0.3 is 0 Å². The Bertz CT molecular complexity index is 3090. The quantitative estimate of drug-likeness (QED) is 0.154. The fourth-order valence-electron chi connectivity index (χ4n) is 14.7. The van der Waals surface area contributed by atoms with Crippen LogP contribution in [-0.4, -0.2) is 6.71 Å². The third kappa shape index (κ3) is 5.90. The molecule has 0 N–H and O–H groups in total. The molecule has 3 heterocycles. The first-order valence-electron chi connectivity index (χ1n) is 25.6. The van der Waals surface area contributed by atoms with Crippen LogP contribution < -0.4 is 31.1 Å². The number of para-hydroxylation sites is 2. The van der Waals surface area contributed by atoms with E-state index < -0.39 is 0 Å². The average molecular weight is 874 g/mol. The van der Waals surface area contributed by atoms with E-state index in [1.54, 1.807) is 11.1 Å². The van der Waals surface area contributed by atoms with Gasteiger partial charge in [0.25, 0.3) is 6.71 Å². The molecule has 4 fully saturated rings. The SMILES string of the molecule is Cc1ccc(N2c3ccc(N(c4ccc(C(C)C(C)C)cc4)c4ccc(C(C)(C)C)cc4)cc3B3c4cccc5c4N(c4ccccc4C54C5CC6CC(C5)CC4C6)c4cccc2c43)cc1C. The third-order valence-electron chi connectivity index (χ3n) is 18.1. The van der Waals surface area contributed by atoms with Gasteiger partial charge in [0, 0.05) is 50.9 Å². The van der Waals surface area contributed by atoms with E-state index in [1.807, 2.05) is 0 Å². The fraction of sp³-hybridized carbons (Fsp3) is 0.333. The highest BCUT2D eigenvalue weighted by atomic mass is 15.2. The molecular formula is C63H64BN3. The summed E-state index contributed by atoms with van der Waals surface area (Å²) in [6.45, 7) is 18.5. The van der Waals surface area contributed by atoms with Crippen molar-refractivity contribution in [2.45, 2.75) is 104 Å². The summed E-state index contributed by atoms with van der Waals surface area (Å²) in [5.74, 6) is 4.21. The van der Waals surface area contributed by atoms with E-state index in [9.17, 15) is 0 Å². The number of hydrogen-bond acceptors (Lipinski definition) is 3. The maximum absolute atomic E-state index is 2.72. The van der Waals surface area contributed by atoms with E-state index in [-0.39, 0.29) is 17.5 Å². The zero-order chi connectivity index (χ0) is 45.7. The molecule has 67 heavy (non-hydrogen) atoms. The minimum absolute atomic E-state index is 0.0427. The molecule has 334 valence electrons. The first-order valence-corrected chi connectivity index (χ1v) is 25.6. The minimum Gasteiger partial charge on any atom is -0.311 e. The zero-order valence-corrected chi connectivity index (χ0v) is 40.8. The van der Waals surface area contributed by atoms with Crippen LogP contribution in [0.2, 0.25) is 0 Å². The largest absolute Gasteiger partial charge is 0.311 e. The van der Waals surface area contributed by atoms with E-state index in [4.69, 9.17) is 0 Å². The second-order valence-corrected chi connectivity index (χ2v) is 23.0. The lowest BCUT2D eigenvalue weighted by Crippen LogP contribution is -2.64. The molecule has 4 aliphatic carbocycles. The predicted octanol–water partition coefficient (Wildman–Crippen LogP) is 15.0. The molecule has 3 nitrogen and oxygen atoms in total. The third-order valence-corrected chi connectivity index (χ3v) is 18.1. The molecule has 0 radical (unpaired) electrons. The Morgan fingerprint density at radius 1 is 0.552 bits per heavy atom. The monoisotopic (exact) mass is 874 g/mol. The second-order valence-electron chi connectivity index (χ2n) is 23.0. The number of aryl methyl sites for hydroxylation is 2. The molecule has 7 aromatic carbocycles. The number of nitrogens with zero attached hydrogens (tertiary/aromatic N) is 3. The van der Waals surface area contributed by atoms with Gasteiger partial charge in [-0.05, 0) is 209 Å². The molecule has 4 saturated carbocycles. The van der Waals surface area contributed by atoms with Crippen molar-refractivity contribution in [1.29, 1.82) is 0 Å². The van der Waals surface area contributed by atoms with Crippen LogP contribution in [0.25, 0.3) is 0 Å². The van der Waals surface area contributed by atoms with Crippen LogP contribution in [0.15, 0.2) is 146 Å². The van der Waals surface area contributed by atoms with Gasteiger partial charge < -0.3 is 14.7 Å². The molecule has 0 saturated heterocycles. The minimum atomic E-state index is 0.0427. The Kier molecular flexibility index (Phi) is 9.07. The zero-order valence-electron chi connectivity index (χ0n) is 40.8. The summed E-state index contributed by atoms with van der Waals surface area (Å²) in [6.07, 6.45) is 6.94. The summed E-state index contributed by atoms with van der Waals surface area (Å²) in [7, 11) is 0. The Balaban J connectivity index is 1.06. The maximum Gasteiger partial charge on any atom is 0.252 e. The van der Waals surface area contributed by atoms with Gasteiger partial charge in [-0.2, -0.15) is 0 Å². The van der Waals surface area contributed by atoms with E-state index >= 15 is 0 Å². The number of anilines is 9. The average Bonchev–Trinajstić information content (AvgIpc) is 3.32. The van der Waals surface area contributed by atoms with Crippen molar-refractivity contribution in [2.24, 2.45) is 29.6 Å². The van der Waals surface area contributed by atoms with Crippen molar-refractivity contribution in [3.63, 3.8) is 0 Å². The highest BCUT2D eigenvalue weighted by Crippen LogP contribution is 2.69. The number of rotatable bonds is 6. The van der Waals surface area contributed by atoms with Crippen molar-refractivity contribution in [3.05, 3.63) is 179 Å². The van der Waals surface area contributed by atoms with Crippen molar-refractivity contribution >= 4 is 74.3 Å². The lowest BCUT2D eigenvalue weighted by molar-refractivity contribution is -0.0419. The lowest BCUT2D eigenvalue weighted by atomic mass is 9.32. The van der Waals surface area contributed by atoms with E-state index in [0.717, 1.165) is 11.8 Å². The normalized spacial score (nSPS) is 23.0. The Labute approximate surface area is 400 Å². The van der Waals surface area contributed by atoms with Crippen LogP contribution in [0.4, 0.5) is 51.2 Å². The van der Waals surface area contributed by atoms with Crippen molar-refractivity contribution < 1.29 is 0 Å². The Morgan fingerprint density at radius 3 is 1.84 bits per heavy atom. The molecule has 1 unspecified atom stereocenters. The van der Waals surface area contributed by atoms with E-state index in [1.165, 1.54) is 122 Å². The molecule has 1 spiro atoms. The van der Waals surface area contributed by atoms with E-state index in [2.05, 4.69) is 216 Å². The van der Waals surface area contributed by atoms with Gasteiger partial charge in [0.15, 0.2) is 0 Å². The highest BCUT2D eigenvalue weighted by Gasteiger charge is 2.62. The summed E-state index contributed by atoms with van der Waals surface area (Å²) in [5, 5.41) is 0. The van der Waals surface area contributed by atoms with Crippen LogP contribution in [0.3, 0.4) is 0 Å². The smallest absolute Gasteiger partial charge is 0.252 e. The second kappa shape index (κ2) is 14.8. The molecule has 0 amide bonds. The number of hydrogen-bond donors (Lipinski definition) is 0. The molecule has 7 aromatic rings. The summed E-state index contributed by atoms with van der Waals surface area (Å²) in [4.78, 5) is 7.81. The Hall–Kier alpha value is -6.00. The van der Waals surface area contributed by atoms with Gasteiger partial charge in [-0.1, -0.05) is 114 Å². The molecular weight excluding hydrogens is 810 g/mol. The van der Waals surface area contributed by atoms with Crippen LogP contribution in [0.5, 0.6) is 0 Å². The summed E-state index contributed by atoms with van der Waals surface area (Å²) in [6, 6.07) is 57.6. The lowest BCUT2D eigenvalue weighted by Gasteiger charge is -2.64. The van der Waals surface area contributed by atoms with Crippen LogP contribution >= 0.6 is 0 Å². The molecule has 3 aliphatic heterocycles. The summed E-state index contributed by atoms with van der Waals surface area (Å²) in [5.41, 5.74) is 24.3. The van der Waals surface area contributed by atoms with Crippen molar-refractivity contribution in [3.8, 4) is 0 Å². The van der Waals surface area contributed by atoms with Gasteiger partial charge in [-0.25, -0.2) is 0 Å². The van der Waals surface area contributed by atoms with Gasteiger partial charge in [0.2, 0.25) is 0 Å². The van der Waals surface area contributed by atoms with Crippen LogP contribution in [0.1, 0.15) is 113 Å². The molecule has 1 atom stereocenters. The predicted molar refractivity (Wildman–Crippen MR) is 284 cm³/mol. The topological polar surface area (TPSA) is 9.72 Å². The van der Waals surface area contributed by atoms with Crippen molar-refractivity contribution in [1.82, 2.24) is 0 Å². The number of benzene rings is 7. The van der Waals surface area contributed by atoms with Gasteiger partial charge in [0.05, 0.1) is 5.69 Å². The molecule has 14 rings (SSSR count). The molecule has 4 heteroatoms. The van der Waals surface area contributed by atoms with Gasteiger partial charge in [0.1, 0.15) is 0 Å². The Morgan fingerprint density at radius 2 is 1.16 bits per heavy atom. The van der Waals surface area contributed by atoms with E-state index in [0.29, 0.717) is 23.7 Å². The molecule has 7 aliphatic rings. The standard InChI is InChI=1S/C63H64BN3/c1-38(2)41(5)44-20-25-48(26-21-44)65(49-27-22-45(23-28-49)62(6,7)8)51-29-30-57-55(37-51)64-54-15-11-14-53-61(54)67(59-18-12-17-58(60(59)64)66(57)50-24-19-39(3)40(4)31-50)56-16-10-9-13-52(56)63(53)46-33-42-32-43(35-46)36-47(63)34-42/h9-31,37-38,41-43,46-47H,32-36H2,1-8H3. The van der Waals surface area contributed by atoms with Crippen LogP contribution in [-0.2, 0) is 10.8 Å². The first-order chi connectivity index (χ1) is 32.4. The van der Waals surface area contributed by atoms with Crippen molar-refractivity contribution in [2.75, 3.05) is 14.7 Å². The highest BCUT2D eigenvalue weighted by molar-refractivity contribution is 7.00. The molecule has 0 aromatic heterocycles. The molecule has 4 bridgehead atoms. The fourth-order valence-corrected chi connectivity index (χ4v) is 14.7. The number of fused-ring (bicyclic) bond motifs is 6. The maximum atomic E-state index is 2.72. The summed E-state index contributed by atoms with van der Waals surface area (Å²) >= 11 is 0. The first kappa shape index (κ1) is 41.2. The summed E-state index contributed by atoms with van der Waals surface area (Å²) < 4.78 is 0. The van der Waals surface area contributed by atoms with Gasteiger partial charge in [-0.3, -0.25) is 0 Å². The van der Waals surface area contributed by atoms with Crippen LogP contribution in [0, 0.1) is 43.4 Å².